The molecule has 3 atom stereocenters. The van der Waals surface area contributed by atoms with Crippen molar-refractivity contribution in [1.29, 1.82) is 0 Å². The highest BCUT2D eigenvalue weighted by molar-refractivity contribution is 5.99. The van der Waals surface area contributed by atoms with E-state index in [9.17, 15) is 34.2 Å². The number of carbonyl (C=O) groups is 5. The molecule has 0 saturated carbocycles. The van der Waals surface area contributed by atoms with Crippen LogP contribution in [0, 0.1) is 5.92 Å². The molecular weight excluding hydrogens is 588 g/mol. The van der Waals surface area contributed by atoms with Crippen LogP contribution < -0.4 is 21.3 Å². The Balaban J connectivity index is 1.58. The lowest BCUT2D eigenvalue weighted by atomic mass is 9.89. The van der Waals surface area contributed by atoms with Crippen LogP contribution in [0.2, 0.25) is 0 Å². The standard InChI is InChI=1S/C35H40N4O7/c1-23(2)21-28(25-17-19-27(20-18-25)37-35(46)36-26-13-7-4-8-14-26)32(41)39-30(34(44)45)16-10-9-15-29(33(42)43)38-31(40)22-24-11-5-3-6-12-24/h3-14,17-20,23,28-30H,15-16,21-22H2,1-2H3,(H,38,40)(H,39,41)(H,42,43)(H,44,45)(H2,36,37,46). The zero-order valence-corrected chi connectivity index (χ0v) is 25.8. The summed E-state index contributed by atoms with van der Waals surface area (Å²) in [5.41, 5.74) is 2.57. The van der Waals surface area contributed by atoms with E-state index < -0.39 is 47.8 Å². The maximum absolute atomic E-state index is 13.4. The summed E-state index contributed by atoms with van der Waals surface area (Å²) >= 11 is 0. The Kier molecular flexibility index (Phi) is 13.5. The Labute approximate surface area is 268 Å². The minimum atomic E-state index is -1.25. The summed E-state index contributed by atoms with van der Waals surface area (Å²) in [4.78, 5) is 61.7. The van der Waals surface area contributed by atoms with Gasteiger partial charge in [0.2, 0.25) is 11.8 Å². The smallest absolute Gasteiger partial charge is 0.326 e. The number of carbonyl (C=O) groups excluding carboxylic acids is 3. The Hall–Kier alpha value is -5.45. The normalized spacial score (nSPS) is 12.9. The molecule has 0 aliphatic carbocycles. The summed E-state index contributed by atoms with van der Waals surface area (Å²) < 4.78 is 0. The quantitative estimate of drug-likeness (QED) is 0.119. The highest BCUT2D eigenvalue weighted by Gasteiger charge is 2.27. The fraction of sp³-hybridized carbons (Fsp3) is 0.286. The third-order valence-electron chi connectivity index (χ3n) is 6.99. The van der Waals surface area contributed by atoms with Crippen LogP contribution in [0.25, 0.3) is 0 Å². The van der Waals surface area contributed by atoms with Gasteiger partial charge in [0.25, 0.3) is 0 Å². The lowest BCUT2D eigenvalue weighted by Crippen LogP contribution is -2.43. The minimum absolute atomic E-state index is 0.0296. The number of benzene rings is 3. The average Bonchev–Trinajstić information content (AvgIpc) is 3.01. The van der Waals surface area contributed by atoms with Gasteiger partial charge in [-0.2, -0.15) is 0 Å². The van der Waals surface area contributed by atoms with Gasteiger partial charge in [-0.05, 0) is 60.6 Å². The fourth-order valence-electron chi connectivity index (χ4n) is 4.69. The molecule has 3 aromatic carbocycles. The summed E-state index contributed by atoms with van der Waals surface area (Å²) in [7, 11) is 0. The maximum Gasteiger partial charge on any atom is 0.326 e. The molecule has 6 N–H and O–H groups in total. The second-order valence-electron chi connectivity index (χ2n) is 11.2. The number of carboxylic acid groups (broad SMARTS) is 2. The first kappa shape index (κ1) is 35.0. The van der Waals surface area contributed by atoms with Gasteiger partial charge < -0.3 is 31.5 Å². The first-order valence-corrected chi connectivity index (χ1v) is 15.0. The number of hydrogen-bond acceptors (Lipinski definition) is 5. The Morgan fingerprint density at radius 1 is 0.674 bits per heavy atom. The van der Waals surface area contributed by atoms with Crippen molar-refractivity contribution in [2.45, 2.75) is 57.5 Å². The molecular formula is C35H40N4O7. The van der Waals surface area contributed by atoms with Crippen LogP contribution >= 0.6 is 0 Å². The molecule has 0 heterocycles. The second-order valence-corrected chi connectivity index (χ2v) is 11.2. The van der Waals surface area contributed by atoms with Crippen molar-refractivity contribution >= 4 is 41.2 Å². The maximum atomic E-state index is 13.4. The van der Waals surface area contributed by atoms with E-state index in [4.69, 9.17) is 0 Å². The van der Waals surface area contributed by atoms with Crippen molar-refractivity contribution in [3.63, 3.8) is 0 Å². The van der Waals surface area contributed by atoms with Gasteiger partial charge in [0, 0.05) is 11.4 Å². The highest BCUT2D eigenvalue weighted by Crippen LogP contribution is 2.26. The molecule has 0 spiro atoms. The molecule has 0 aromatic heterocycles. The predicted molar refractivity (Wildman–Crippen MR) is 175 cm³/mol. The van der Waals surface area contributed by atoms with Crippen molar-refractivity contribution in [3.05, 3.63) is 108 Å². The number of anilines is 2. The average molecular weight is 629 g/mol. The number of amides is 4. The number of rotatable bonds is 16. The number of nitrogens with one attached hydrogen (secondary N) is 4. The van der Waals surface area contributed by atoms with E-state index in [0.717, 1.165) is 5.56 Å². The van der Waals surface area contributed by atoms with Gasteiger partial charge in [-0.3, -0.25) is 9.59 Å². The van der Waals surface area contributed by atoms with E-state index in [1.54, 1.807) is 72.8 Å². The SMILES string of the molecule is CC(C)CC(C(=O)NC(CC=CCC(NC(=O)Cc1ccccc1)C(=O)O)C(=O)O)c1ccc(NC(=O)Nc2ccccc2)cc1. The predicted octanol–water partition coefficient (Wildman–Crippen LogP) is 5.18. The molecule has 3 unspecified atom stereocenters. The van der Waals surface area contributed by atoms with Crippen molar-refractivity contribution in [1.82, 2.24) is 10.6 Å². The Bertz CT molecular complexity index is 1490. The molecule has 11 nitrogen and oxygen atoms in total. The summed E-state index contributed by atoms with van der Waals surface area (Å²) in [5.74, 6) is -3.89. The molecule has 0 bridgehead atoms. The molecule has 11 heteroatoms. The molecule has 0 radical (unpaired) electrons. The lowest BCUT2D eigenvalue weighted by Gasteiger charge is -2.22. The number of urea groups is 1. The van der Waals surface area contributed by atoms with Gasteiger partial charge in [-0.1, -0.05) is 86.7 Å². The van der Waals surface area contributed by atoms with E-state index in [1.165, 1.54) is 12.2 Å². The van der Waals surface area contributed by atoms with Gasteiger partial charge in [-0.25, -0.2) is 14.4 Å². The summed E-state index contributed by atoms with van der Waals surface area (Å²) in [6.07, 6.45) is 3.31. The monoisotopic (exact) mass is 628 g/mol. The molecule has 46 heavy (non-hydrogen) atoms. The van der Waals surface area contributed by atoms with Crippen LogP contribution in [0.5, 0.6) is 0 Å². The molecule has 0 aliphatic rings. The number of carboxylic acids is 2. The van der Waals surface area contributed by atoms with Crippen LogP contribution in [0.1, 0.15) is 50.2 Å². The van der Waals surface area contributed by atoms with Gasteiger partial charge in [0.05, 0.1) is 12.3 Å². The zero-order valence-electron chi connectivity index (χ0n) is 25.8. The topological polar surface area (TPSA) is 174 Å². The molecule has 4 amide bonds. The van der Waals surface area contributed by atoms with Gasteiger partial charge in [0.15, 0.2) is 0 Å². The van der Waals surface area contributed by atoms with Crippen LogP contribution in [0.3, 0.4) is 0 Å². The van der Waals surface area contributed by atoms with Gasteiger partial charge in [0.1, 0.15) is 12.1 Å². The summed E-state index contributed by atoms with van der Waals surface area (Å²) in [6, 6.07) is 21.8. The number of hydrogen-bond donors (Lipinski definition) is 6. The van der Waals surface area contributed by atoms with Gasteiger partial charge >= 0.3 is 18.0 Å². The van der Waals surface area contributed by atoms with E-state index in [-0.39, 0.29) is 25.2 Å². The zero-order chi connectivity index (χ0) is 33.5. The largest absolute Gasteiger partial charge is 0.480 e. The third-order valence-corrected chi connectivity index (χ3v) is 6.99. The second kappa shape index (κ2) is 17.7. The fourth-order valence-corrected chi connectivity index (χ4v) is 4.69. The minimum Gasteiger partial charge on any atom is -0.480 e. The van der Waals surface area contributed by atoms with Crippen LogP contribution in [0.15, 0.2) is 97.1 Å². The van der Waals surface area contributed by atoms with E-state index in [2.05, 4.69) is 21.3 Å². The molecule has 242 valence electrons. The lowest BCUT2D eigenvalue weighted by molar-refractivity contribution is -0.142. The summed E-state index contributed by atoms with van der Waals surface area (Å²) in [5, 5.41) is 29.9. The van der Waals surface area contributed by atoms with Gasteiger partial charge in [-0.15, -0.1) is 0 Å². The van der Waals surface area contributed by atoms with Crippen molar-refractivity contribution in [2.24, 2.45) is 5.92 Å². The molecule has 3 aromatic rings. The van der Waals surface area contributed by atoms with E-state index in [0.29, 0.717) is 23.4 Å². The third kappa shape index (κ3) is 11.9. The van der Waals surface area contributed by atoms with E-state index in [1.807, 2.05) is 26.0 Å². The van der Waals surface area contributed by atoms with Crippen molar-refractivity contribution in [3.8, 4) is 0 Å². The molecule has 0 fully saturated rings. The first-order valence-electron chi connectivity index (χ1n) is 15.0. The highest BCUT2D eigenvalue weighted by atomic mass is 16.4. The Morgan fingerprint density at radius 2 is 1.17 bits per heavy atom. The number of para-hydroxylation sites is 1. The van der Waals surface area contributed by atoms with Crippen LogP contribution in [0.4, 0.5) is 16.2 Å². The van der Waals surface area contributed by atoms with E-state index >= 15 is 0 Å². The number of aliphatic carboxylic acids is 2. The van der Waals surface area contributed by atoms with Crippen molar-refractivity contribution < 1.29 is 34.2 Å². The molecule has 3 rings (SSSR count). The molecule has 0 aliphatic heterocycles. The Morgan fingerprint density at radius 3 is 1.70 bits per heavy atom. The van der Waals surface area contributed by atoms with Crippen LogP contribution in [-0.4, -0.2) is 52.1 Å². The molecule has 0 saturated heterocycles. The summed E-state index contributed by atoms with van der Waals surface area (Å²) in [6.45, 7) is 3.91. The van der Waals surface area contributed by atoms with Crippen LogP contribution in [-0.2, 0) is 25.6 Å². The van der Waals surface area contributed by atoms with Crippen molar-refractivity contribution in [2.75, 3.05) is 10.6 Å². The first-order chi connectivity index (χ1) is 22.0.